The highest BCUT2D eigenvalue weighted by Crippen LogP contribution is 2.44. The summed E-state index contributed by atoms with van der Waals surface area (Å²) >= 11 is 1.49. The molecule has 1 aromatic heterocycles. The Kier molecular flexibility index (Phi) is 5.30. The number of hydrogen-bond acceptors (Lipinski definition) is 7. The van der Waals surface area contributed by atoms with Crippen LogP contribution >= 0.6 is 11.3 Å². The number of thiophene rings is 1. The summed E-state index contributed by atoms with van der Waals surface area (Å²) < 4.78 is 4.96. The third-order valence-electron chi connectivity index (χ3n) is 5.25. The van der Waals surface area contributed by atoms with Crippen molar-refractivity contribution in [3.63, 3.8) is 0 Å². The van der Waals surface area contributed by atoms with Gasteiger partial charge in [-0.25, -0.2) is 0 Å². The lowest BCUT2D eigenvalue weighted by atomic mass is 9.88. The van der Waals surface area contributed by atoms with Gasteiger partial charge in [-0.3, -0.25) is 19.7 Å². The Balaban J connectivity index is 1.67. The molecule has 8 nitrogen and oxygen atoms in total. The minimum atomic E-state index is -2.06. The number of Topliss-reactive ketones (excluding diaryl/α,β-unsaturated/α-hetero) is 1. The molecule has 2 aromatic carbocycles. The topological polar surface area (TPSA) is 110 Å². The Hall–Kier alpha value is -3.56. The van der Waals surface area contributed by atoms with Crippen molar-refractivity contribution in [3.8, 4) is 5.75 Å². The van der Waals surface area contributed by atoms with Crippen molar-refractivity contribution in [2.24, 2.45) is 0 Å². The molecular formula is C22H18N2O6S. The van der Waals surface area contributed by atoms with Crippen molar-refractivity contribution >= 4 is 34.4 Å². The van der Waals surface area contributed by atoms with Crippen LogP contribution in [-0.2, 0) is 16.9 Å². The Morgan fingerprint density at radius 2 is 2.00 bits per heavy atom. The molecule has 3 aromatic rings. The van der Waals surface area contributed by atoms with Gasteiger partial charge in [0.05, 0.1) is 30.7 Å². The van der Waals surface area contributed by atoms with Crippen LogP contribution < -0.4 is 9.64 Å². The summed E-state index contributed by atoms with van der Waals surface area (Å²) in [6, 6.07) is 14.3. The van der Waals surface area contributed by atoms with E-state index >= 15 is 0 Å². The van der Waals surface area contributed by atoms with Crippen LogP contribution in [0.5, 0.6) is 5.75 Å². The normalized spacial score (nSPS) is 17.5. The van der Waals surface area contributed by atoms with Gasteiger partial charge in [0, 0.05) is 22.1 Å². The van der Waals surface area contributed by atoms with Crippen LogP contribution in [0.4, 0.5) is 11.4 Å². The van der Waals surface area contributed by atoms with Gasteiger partial charge in [-0.2, -0.15) is 0 Å². The van der Waals surface area contributed by atoms with E-state index in [1.54, 1.807) is 24.3 Å². The number of nitro groups is 1. The third kappa shape index (κ3) is 3.58. The number of hydrogen-bond donors (Lipinski definition) is 1. The van der Waals surface area contributed by atoms with Gasteiger partial charge in [0.15, 0.2) is 17.1 Å². The first-order valence-corrected chi connectivity index (χ1v) is 10.2. The number of carbonyl (C=O) groups excluding carboxylic acids is 2. The van der Waals surface area contributed by atoms with Crippen LogP contribution in [0.2, 0.25) is 0 Å². The molecule has 0 spiro atoms. The van der Waals surface area contributed by atoms with Crippen molar-refractivity contribution in [1.82, 2.24) is 0 Å². The van der Waals surface area contributed by atoms with Crippen LogP contribution in [0.1, 0.15) is 27.2 Å². The van der Waals surface area contributed by atoms with Gasteiger partial charge in [-0.05, 0) is 29.6 Å². The van der Waals surface area contributed by atoms with E-state index in [2.05, 4.69) is 0 Å². The van der Waals surface area contributed by atoms with Crippen molar-refractivity contribution in [2.45, 2.75) is 18.6 Å². The Morgan fingerprint density at radius 3 is 2.68 bits per heavy atom. The van der Waals surface area contributed by atoms with Crippen molar-refractivity contribution in [3.05, 3.63) is 86.1 Å². The number of nitro benzene ring substituents is 1. The SMILES string of the molecule is COc1ccc(C(=O)CC2(O)C(=O)N(Cc3cccs3)c3ccccc32)cc1[N+](=O)[O-]. The predicted molar refractivity (Wildman–Crippen MR) is 114 cm³/mol. The number of amides is 1. The van der Waals surface area contributed by atoms with E-state index in [9.17, 15) is 24.8 Å². The molecule has 4 rings (SSSR count). The number of ketones is 1. The summed E-state index contributed by atoms with van der Waals surface area (Å²) in [5.74, 6) is -1.17. The summed E-state index contributed by atoms with van der Waals surface area (Å²) in [6.45, 7) is 0.276. The molecule has 2 heterocycles. The Morgan fingerprint density at radius 1 is 1.23 bits per heavy atom. The van der Waals surface area contributed by atoms with E-state index in [0.29, 0.717) is 11.3 Å². The fourth-order valence-electron chi connectivity index (χ4n) is 3.73. The molecule has 1 N–H and O–H groups in total. The lowest BCUT2D eigenvalue weighted by molar-refractivity contribution is -0.385. The fourth-order valence-corrected chi connectivity index (χ4v) is 4.43. The number of methoxy groups -OCH3 is 1. The zero-order valence-corrected chi connectivity index (χ0v) is 17.3. The molecule has 0 saturated carbocycles. The van der Waals surface area contributed by atoms with E-state index in [1.165, 1.54) is 35.5 Å². The molecule has 1 amide bonds. The molecule has 0 fully saturated rings. The number of ether oxygens (including phenoxy) is 1. The summed E-state index contributed by atoms with van der Waals surface area (Å²) in [7, 11) is 1.29. The minimum Gasteiger partial charge on any atom is -0.490 e. The molecule has 1 unspecified atom stereocenters. The lowest BCUT2D eigenvalue weighted by Crippen LogP contribution is -2.41. The number of benzene rings is 2. The predicted octanol–water partition coefficient (Wildman–Crippen LogP) is 3.67. The average Bonchev–Trinajstić information content (AvgIpc) is 3.35. The Bertz CT molecular complexity index is 1180. The molecule has 0 aliphatic carbocycles. The first-order chi connectivity index (χ1) is 14.8. The van der Waals surface area contributed by atoms with Crippen LogP contribution in [-0.4, -0.2) is 28.8 Å². The zero-order valence-electron chi connectivity index (χ0n) is 16.5. The largest absolute Gasteiger partial charge is 0.490 e. The molecule has 31 heavy (non-hydrogen) atoms. The number of para-hydroxylation sites is 1. The summed E-state index contributed by atoms with van der Waals surface area (Å²) in [5.41, 5.74) is -1.52. The standard InChI is InChI=1S/C22H18N2O6S/c1-30-20-9-8-14(11-18(20)24(28)29)19(25)12-22(27)16-6-2-3-7-17(16)23(21(22)26)13-15-5-4-10-31-15/h2-11,27H,12-13H2,1H3. The maximum Gasteiger partial charge on any atom is 0.311 e. The van der Waals surface area contributed by atoms with E-state index in [0.717, 1.165) is 10.9 Å². The number of fused-ring (bicyclic) bond motifs is 1. The molecule has 1 aliphatic heterocycles. The maximum atomic E-state index is 13.3. The van der Waals surface area contributed by atoms with Gasteiger partial charge in [-0.1, -0.05) is 24.3 Å². The molecule has 0 bridgehead atoms. The molecule has 0 saturated heterocycles. The van der Waals surface area contributed by atoms with Crippen LogP contribution in [0.15, 0.2) is 60.0 Å². The minimum absolute atomic E-state index is 0.0166. The molecule has 9 heteroatoms. The van der Waals surface area contributed by atoms with E-state index < -0.39 is 28.6 Å². The average molecular weight is 438 g/mol. The fraction of sp³-hybridized carbons (Fsp3) is 0.182. The summed E-state index contributed by atoms with van der Waals surface area (Å²) in [5, 5.41) is 24.5. The third-order valence-corrected chi connectivity index (χ3v) is 6.11. The highest BCUT2D eigenvalue weighted by atomic mass is 32.1. The number of nitrogens with zero attached hydrogens (tertiary/aromatic N) is 2. The molecule has 1 atom stereocenters. The number of aliphatic hydroxyl groups is 1. The quantitative estimate of drug-likeness (QED) is 0.342. The van der Waals surface area contributed by atoms with Gasteiger partial charge in [-0.15, -0.1) is 11.3 Å². The molecule has 158 valence electrons. The second-order valence-corrected chi connectivity index (χ2v) is 8.12. The van der Waals surface area contributed by atoms with E-state index in [1.807, 2.05) is 17.5 Å². The number of anilines is 1. The number of carbonyl (C=O) groups is 2. The number of rotatable bonds is 7. The van der Waals surface area contributed by atoms with Crippen molar-refractivity contribution in [1.29, 1.82) is 0 Å². The van der Waals surface area contributed by atoms with Gasteiger partial charge in [0.1, 0.15) is 0 Å². The van der Waals surface area contributed by atoms with Gasteiger partial charge in [0.25, 0.3) is 5.91 Å². The molecule has 0 radical (unpaired) electrons. The summed E-state index contributed by atoms with van der Waals surface area (Å²) in [4.78, 5) is 39.2. The summed E-state index contributed by atoms with van der Waals surface area (Å²) in [6.07, 6.45) is -0.534. The van der Waals surface area contributed by atoms with Gasteiger partial charge >= 0.3 is 5.69 Å². The first kappa shape index (κ1) is 20.7. The monoisotopic (exact) mass is 438 g/mol. The van der Waals surface area contributed by atoms with E-state index in [-0.39, 0.29) is 23.5 Å². The van der Waals surface area contributed by atoms with Crippen molar-refractivity contribution in [2.75, 3.05) is 12.0 Å². The Labute approximate surface area is 181 Å². The molecular weight excluding hydrogens is 420 g/mol. The first-order valence-electron chi connectivity index (χ1n) is 9.37. The van der Waals surface area contributed by atoms with Gasteiger partial charge < -0.3 is 14.7 Å². The second kappa shape index (κ2) is 7.93. The lowest BCUT2D eigenvalue weighted by Gasteiger charge is -2.22. The highest BCUT2D eigenvalue weighted by Gasteiger charge is 2.50. The zero-order chi connectivity index (χ0) is 22.2. The highest BCUT2D eigenvalue weighted by molar-refractivity contribution is 7.09. The smallest absolute Gasteiger partial charge is 0.311 e. The van der Waals surface area contributed by atoms with Crippen LogP contribution in [0.25, 0.3) is 0 Å². The van der Waals surface area contributed by atoms with Gasteiger partial charge in [0.2, 0.25) is 0 Å². The maximum absolute atomic E-state index is 13.3. The van der Waals surface area contributed by atoms with E-state index in [4.69, 9.17) is 4.74 Å². The second-order valence-electron chi connectivity index (χ2n) is 7.09. The van der Waals surface area contributed by atoms with Crippen molar-refractivity contribution < 1.29 is 24.4 Å². The molecule has 1 aliphatic rings. The van der Waals surface area contributed by atoms with Crippen LogP contribution in [0, 0.1) is 10.1 Å². The van der Waals surface area contributed by atoms with Crippen LogP contribution in [0.3, 0.4) is 0 Å².